The van der Waals surface area contributed by atoms with Crippen molar-refractivity contribution in [2.75, 3.05) is 5.32 Å². The maximum atomic E-state index is 12.3. The fourth-order valence-electron chi connectivity index (χ4n) is 2.37. The number of hydrogen-bond donors (Lipinski definition) is 1. The Labute approximate surface area is 161 Å². The van der Waals surface area contributed by atoms with Crippen LogP contribution in [-0.2, 0) is 6.61 Å². The summed E-state index contributed by atoms with van der Waals surface area (Å²) in [5.41, 5.74) is 2.38. The molecule has 1 N–H and O–H groups in total. The van der Waals surface area contributed by atoms with Crippen LogP contribution in [0.25, 0.3) is 0 Å². The van der Waals surface area contributed by atoms with Gasteiger partial charge in [-0.15, -0.1) is 0 Å². The van der Waals surface area contributed by atoms with E-state index in [2.05, 4.69) is 5.32 Å². The molecule has 2 aromatic carbocycles. The SMILES string of the molecule is Cc1cc(OCc2ccc(C(=O)Nc3cccc(Cl)c3C)o2)ccc1Cl. The van der Waals surface area contributed by atoms with Gasteiger partial charge in [-0.05, 0) is 67.4 Å². The van der Waals surface area contributed by atoms with Gasteiger partial charge in [-0.25, -0.2) is 0 Å². The van der Waals surface area contributed by atoms with Crippen molar-refractivity contribution in [1.82, 2.24) is 0 Å². The highest BCUT2D eigenvalue weighted by Crippen LogP contribution is 2.24. The van der Waals surface area contributed by atoms with E-state index in [4.69, 9.17) is 32.4 Å². The van der Waals surface area contributed by atoms with Gasteiger partial charge in [0.2, 0.25) is 0 Å². The average Bonchev–Trinajstić information content (AvgIpc) is 3.09. The molecule has 0 fully saturated rings. The Kier molecular flexibility index (Phi) is 5.55. The largest absolute Gasteiger partial charge is 0.486 e. The highest BCUT2D eigenvalue weighted by atomic mass is 35.5. The van der Waals surface area contributed by atoms with Gasteiger partial charge in [0, 0.05) is 15.7 Å². The molecule has 134 valence electrons. The number of ether oxygens (including phenoxy) is 1. The molecule has 0 saturated carbocycles. The molecular formula is C20H17Cl2NO3. The minimum Gasteiger partial charge on any atom is -0.486 e. The smallest absolute Gasteiger partial charge is 0.291 e. The molecule has 0 atom stereocenters. The van der Waals surface area contributed by atoms with Crippen molar-refractivity contribution < 1.29 is 13.9 Å². The predicted octanol–water partition coefficient (Wildman–Crippen LogP) is 6.03. The van der Waals surface area contributed by atoms with Crippen molar-refractivity contribution in [1.29, 1.82) is 0 Å². The summed E-state index contributed by atoms with van der Waals surface area (Å²) in [6, 6.07) is 14.1. The molecule has 1 heterocycles. The van der Waals surface area contributed by atoms with Crippen molar-refractivity contribution in [2.45, 2.75) is 20.5 Å². The Morgan fingerprint density at radius 1 is 1.08 bits per heavy atom. The first-order valence-electron chi connectivity index (χ1n) is 7.98. The molecule has 0 bridgehead atoms. The lowest BCUT2D eigenvalue weighted by atomic mass is 10.2. The van der Waals surface area contributed by atoms with E-state index in [9.17, 15) is 4.79 Å². The number of anilines is 1. The molecule has 4 nitrogen and oxygen atoms in total. The molecule has 0 aliphatic heterocycles. The number of benzene rings is 2. The van der Waals surface area contributed by atoms with Crippen LogP contribution in [0.5, 0.6) is 5.75 Å². The first-order valence-corrected chi connectivity index (χ1v) is 8.74. The normalized spacial score (nSPS) is 10.6. The number of hydrogen-bond acceptors (Lipinski definition) is 3. The zero-order chi connectivity index (χ0) is 18.7. The number of furan rings is 1. The maximum Gasteiger partial charge on any atom is 0.291 e. The molecule has 0 spiro atoms. The summed E-state index contributed by atoms with van der Waals surface area (Å²) in [4.78, 5) is 12.3. The highest BCUT2D eigenvalue weighted by molar-refractivity contribution is 6.32. The summed E-state index contributed by atoms with van der Waals surface area (Å²) in [5.74, 6) is 1.09. The summed E-state index contributed by atoms with van der Waals surface area (Å²) < 4.78 is 11.2. The summed E-state index contributed by atoms with van der Waals surface area (Å²) in [6.07, 6.45) is 0. The topological polar surface area (TPSA) is 51.5 Å². The Balaban J connectivity index is 1.64. The van der Waals surface area contributed by atoms with Crippen LogP contribution in [0, 0.1) is 13.8 Å². The van der Waals surface area contributed by atoms with Crippen molar-refractivity contribution in [3.63, 3.8) is 0 Å². The van der Waals surface area contributed by atoms with E-state index in [1.54, 1.807) is 42.5 Å². The molecule has 0 saturated heterocycles. The summed E-state index contributed by atoms with van der Waals surface area (Å²) in [6.45, 7) is 3.96. The third-order valence-electron chi connectivity index (χ3n) is 3.91. The number of rotatable bonds is 5. The molecule has 0 aliphatic rings. The van der Waals surface area contributed by atoms with E-state index in [0.29, 0.717) is 27.2 Å². The number of nitrogens with one attached hydrogen (secondary N) is 1. The van der Waals surface area contributed by atoms with Gasteiger partial charge in [-0.2, -0.15) is 0 Å². The second-order valence-electron chi connectivity index (χ2n) is 5.83. The fraction of sp³-hybridized carbons (Fsp3) is 0.150. The number of halogens is 2. The lowest BCUT2D eigenvalue weighted by Gasteiger charge is -2.08. The van der Waals surface area contributed by atoms with E-state index in [-0.39, 0.29) is 18.3 Å². The van der Waals surface area contributed by atoms with Gasteiger partial charge >= 0.3 is 0 Å². The zero-order valence-corrected chi connectivity index (χ0v) is 15.8. The van der Waals surface area contributed by atoms with Crippen LogP contribution in [0.3, 0.4) is 0 Å². The molecule has 3 rings (SSSR count). The van der Waals surface area contributed by atoms with Gasteiger partial charge in [-0.3, -0.25) is 4.79 Å². The van der Waals surface area contributed by atoms with Gasteiger partial charge in [0.15, 0.2) is 5.76 Å². The van der Waals surface area contributed by atoms with Crippen molar-refractivity contribution in [2.24, 2.45) is 0 Å². The zero-order valence-electron chi connectivity index (χ0n) is 14.3. The lowest BCUT2D eigenvalue weighted by Crippen LogP contribution is -2.12. The Bertz CT molecular complexity index is 950. The fourth-order valence-corrected chi connectivity index (χ4v) is 2.66. The van der Waals surface area contributed by atoms with Gasteiger partial charge in [-0.1, -0.05) is 29.3 Å². The number of amides is 1. The predicted molar refractivity (Wildman–Crippen MR) is 103 cm³/mol. The third-order valence-corrected chi connectivity index (χ3v) is 4.75. The summed E-state index contributed by atoms with van der Waals surface area (Å²) in [7, 11) is 0. The second-order valence-corrected chi connectivity index (χ2v) is 6.65. The lowest BCUT2D eigenvalue weighted by molar-refractivity contribution is 0.0992. The Morgan fingerprint density at radius 3 is 2.65 bits per heavy atom. The molecule has 3 aromatic rings. The van der Waals surface area contributed by atoms with E-state index in [1.807, 2.05) is 19.9 Å². The van der Waals surface area contributed by atoms with Crippen LogP contribution in [0.2, 0.25) is 10.0 Å². The minimum atomic E-state index is -0.344. The molecule has 1 amide bonds. The molecule has 26 heavy (non-hydrogen) atoms. The molecule has 6 heteroatoms. The van der Waals surface area contributed by atoms with Gasteiger partial charge in [0.1, 0.15) is 18.1 Å². The summed E-state index contributed by atoms with van der Waals surface area (Å²) >= 11 is 12.1. The Hall–Kier alpha value is -2.43. The highest BCUT2D eigenvalue weighted by Gasteiger charge is 2.13. The van der Waals surface area contributed by atoms with Crippen LogP contribution in [0.4, 0.5) is 5.69 Å². The van der Waals surface area contributed by atoms with Crippen molar-refractivity contribution in [3.8, 4) is 5.75 Å². The standard InChI is InChI=1S/C20H17Cl2NO3/c1-12-10-14(6-8-16(12)21)25-11-15-7-9-19(26-15)20(24)23-18-5-3-4-17(22)13(18)2/h3-10H,11H2,1-2H3,(H,23,24). The number of carbonyl (C=O) groups is 1. The molecule has 0 unspecified atom stereocenters. The van der Waals surface area contributed by atoms with E-state index in [0.717, 1.165) is 11.1 Å². The molecular weight excluding hydrogens is 373 g/mol. The van der Waals surface area contributed by atoms with Crippen molar-refractivity contribution in [3.05, 3.63) is 81.2 Å². The van der Waals surface area contributed by atoms with Gasteiger partial charge in [0.25, 0.3) is 5.91 Å². The molecule has 0 aliphatic carbocycles. The van der Waals surface area contributed by atoms with E-state index in [1.165, 1.54) is 0 Å². The van der Waals surface area contributed by atoms with E-state index >= 15 is 0 Å². The van der Waals surface area contributed by atoms with Crippen LogP contribution in [0.1, 0.15) is 27.4 Å². The number of aryl methyl sites for hydroxylation is 1. The van der Waals surface area contributed by atoms with Gasteiger partial charge < -0.3 is 14.5 Å². The quantitative estimate of drug-likeness (QED) is 0.578. The molecule has 0 radical (unpaired) electrons. The van der Waals surface area contributed by atoms with E-state index < -0.39 is 0 Å². The van der Waals surface area contributed by atoms with Crippen LogP contribution >= 0.6 is 23.2 Å². The van der Waals surface area contributed by atoms with Crippen molar-refractivity contribution >= 4 is 34.8 Å². The maximum absolute atomic E-state index is 12.3. The van der Waals surface area contributed by atoms with Crippen LogP contribution in [0.15, 0.2) is 52.9 Å². The Morgan fingerprint density at radius 2 is 1.88 bits per heavy atom. The first-order chi connectivity index (χ1) is 12.4. The molecule has 1 aromatic heterocycles. The van der Waals surface area contributed by atoms with Crippen LogP contribution < -0.4 is 10.1 Å². The van der Waals surface area contributed by atoms with Gasteiger partial charge in [0.05, 0.1) is 0 Å². The minimum absolute atomic E-state index is 0.204. The second kappa shape index (κ2) is 7.85. The monoisotopic (exact) mass is 389 g/mol. The van der Waals surface area contributed by atoms with Crippen LogP contribution in [-0.4, -0.2) is 5.91 Å². The summed E-state index contributed by atoms with van der Waals surface area (Å²) in [5, 5.41) is 4.07. The average molecular weight is 390 g/mol. The third kappa shape index (κ3) is 4.21. The number of carbonyl (C=O) groups excluding carboxylic acids is 1. The first kappa shape index (κ1) is 18.4.